The van der Waals surface area contributed by atoms with Crippen LogP contribution in [0.3, 0.4) is 0 Å². The fourth-order valence-corrected chi connectivity index (χ4v) is 3.24. The predicted molar refractivity (Wildman–Crippen MR) is 74.0 cm³/mol. The summed E-state index contributed by atoms with van der Waals surface area (Å²) in [4.78, 5) is 20.3. The minimum Gasteiger partial charge on any atom is -0.374 e. The molecule has 6 nitrogen and oxygen atoms in total. The number of aromatic nitrogens is 2. The number of likely N-dealkylation sites (tertiary alicyclic amines) is 1. The van der Waals surface area contributed by atoms with Gasteiger partial charge in [0.15, 0.2) is 0 Å². The van der Waals surface area contributed by atoms with E-state index in [9.17, 15) is 4.79 Å². The Morgan fingerprint density at radius 3 is 3.05 bits per heavy atom. The maximum absolute atomic E-state index is 11.8. The number of morpholine rings is 1. The van der Waals surface area contributed by atoms with Crippen LogP contribution in [0.2, 0.25) is 0 Å². The van der Waals surface area contributed by atoms with E-state index in [4.69, 9.17) is 4.74 Å². The monoisotopic (exact) mass is 278 g/mol. The Morgan fingerprint density at radius 1 is 1.50 bits per heavy atom. The number of aryl methyl sites for hydroxylation is 1. The number of nitrogens with zero attached hydrogens (tertiary/aromatic N) is 4. The highest BCUT2D eigenvalue weighted by Gasteiger charge is 2.38. The van der Waals surface area contributed by atoms with E-state index in [2.05, 4.69) is 9.88 Å². The van der Waals surface area contributed by atoms with E-state index < -0.39 is 0 Å². The SMILES string of the molecule is CC(=O)N1CCO[C@H]2CCN(Cc3cncn3C)C[C@@H]21. The summed E-state index contributed by atoms with van der Waals surface area (Å²) in [5.41, 5.74) is 1.20. The molecule has 0 aromatic carbocycles. The molecular formula is C14H22N4O2. The van der Waals surface area contributed by atoms with E-state index in [1.54, 1.807) is 6.92 Å². The van der Waals surface area contributed by atoms with Crippen LogP contribution in [0.4, 0.5) is 0 Å². The standard InChI is InChI=1S/C14H22N4O2/c1-11(19)18-5-6-20-14-3-4-17(9-13(14)18)8-12-7-15-10-16(12)2/h7,10,13-14H,3-6,8-9H2,1-2H3/t13-,14-/m0/s1. The summed E-state index contributed by atoms with van der Waals surface area (Å²) in [6.07, 6.45) is 4.93. The van der Waals surface area contributed by atoms with Crippen LogP contribution in [0.5, 0.6) is 0 Å². The predicted octanol–water partition coefficient (Wildman–Crippen LogP) is 0.242. The molecule has 0 radical (unpaired) electrons. The highest BCUT2D eigenvalue weighted by atomic mass is 16.5. The number of carbonyl (C=O) groups excluding carboxylic acids is 1. The molecule has 0 aliphatic carbocycles. The van der Waals surface area contributed by atoms with E-state index in [0.29, 0.717) is 6.61 Å². The van der Waals surface area contributed by atoms with E-state index in [0.717, 1.165) is 32.6 Å². The van der Waals surface area contributed by atoms with Crippen LogP contribution in [-0.2, 0) is 23.1 Å². The van der Waals surface area contributed by atoms with Gasteiger partial charge in [-0.05, 0) is 6.42 Å². The lowest BCUT2D eigenvalue weighted by Crippen LogP contribution is -2.60. The number of hydrogen-bond acceptors (Lipinski definition) is 4. The fraction of sp³-hybridized carbons (Fsp3) is 0.714. The summed E-state index contributed by atoms with van der Waals surface area (Å²) in [6.45, 7) is 5.82. The third kappa shape index (κ3) is 2.58. The number of ether oxygens (including phenoxy) is 1. The molecular weight excluding hydrogens is 256 g/mol. The lowest BCUT2D eigenvalue weighted by Gasteiger charge is -2.46. The van der Waals surface area contributed by atoms with Gasteiger partial charge in [0.1, 0.15) is 0 Å². The molecule has 1 aromatic heterocycles. The molecule has 2 atom stereocenters. The van der Waals surface area contributed by atoms with Crippen LogP contribution >= 0.6 is 0 Å². The van der Waals surface area contributed by atoms with Gasteiger partial charge >= 0.3 is 0 Å². The van der Waals surface area contributed by atoms with Gasteiger partial charge in [-0.15, -0.1) is 0 Å². The van der Waals surface area contributed by atoms with Crippen molar-refractivity contribution in [2.24, 2.45) is 7.05 Å². The van der Waals surface area contributed by atoms with Crippen molar-refractivity contribution in [3.63, 3.8) is 0 Å². The van der Waals surface area contributed by atoms with Crippen LogP contribution < -0.4 is 0 Å². The van der Waals surface area contributed by atoms with Gasteiger partial charge in [-0.2, -0.15) is 0 Å². The lowest BCUT2D eigenvalue weighted by atomic mass is 9.98. The molecule has 0 saturated carbocycles. The van der Waals surface area contributed by atoms with Gasteiger partial charge in [-0.3, -0.25) is 9.69 Å². The molecule has 0 unspecified atom stereocenters. The average Bonchev–Trinajstić information content (AvgIpc) is 2.83. The smallest absolute Gasteiger partial charge is 0.219 e. The van der Waals surface area contributed by atoms with Gasteiger partial charge in [-0.1, -0.05) is 0 Å². The average molecular weight is 278 g/mol. The second-order valence-corrected chi connectivity index (χ2v) is 5.71. The molecule has 2 aliphatic heterocycles. The van der Waals surface area contributed by atoms with Crippen molar-refractivity contribution in [2.75, 3.05) is 26.2 Å². The van der Waals surface area contributed by atoms with Crippen molar-refractivity contribution in [1.29, 1.82) is 0 Å². The summed E-state index contributed by atoms with van der Waals surface area (Å²) >= 11 is 0. The Balaban J connectivity index is 1.68. The van der Waals surface area contributed by atoms with Gasteiger partial charge < -0.3 is 14.2 Å². The normalized spacial score (nSPS) is 27.4. The molecule has 1 amide bonds. The first-order valence-electron chi connectivity index (χ1n) is 7.21. The summed E-state index contributed by atoms with van der Waals surface area (Å²) in [5.74, 6) is 0.158. The zero-order chi connectivity index (χ0) is 14.1. The Hall–Kier alpha value is -1.40. The highest BCUT2D eigenvalue weighted by molar-refractivity contribution is 5.73. The number of carbonyl (C=O) groups is 1. The molecule has 6 heteroatoms. The fourth-order valence-electron chi connectivity index (χ4n) is 3.24. The van der Waals surface area contributed by atoms with Crippen molar-refractivity contribution in [1.82, 2.24) is 19.4 Å². The third-order valence-electron chi connectivity index (χ3n) is 4.38. The number of hydrogen-bond donors (Lipinski definition) is 0. The minimum absolute atomic E-state index is 0.158. The summed E-state index contributed by atoms with van der Waals surface area (Å²) in [6, 6.07) is 0.197. The largest absolute Gasteiger partial charge is 0.374 e. The molecule has 2 fully saturated rings. The quantitative estimate of drug-likeness (QED) is 0.778. The lowest BCUT2D eigenvalue weighted by molar-refractivity contribution is -0.150. The van der Waals surface area contributed by atoms with E-state index in [1.807, 2.05) is 29.0 Å². The summed E-state index contributed by atoms with van der Waals surface area (Å²) in [5, 5.41) is 0. The maximum atomic E-state index is 11.8. The molecule has 20 heavy (non-hydrogen) atoms. The Labute approximate surface area is 119 Å². The van der Waals surface area contributed by atoms with E-state index >= 15 is 0 Å². The van der Waals surface area contributed by atoms with Gasteiger partial charge in [0.05, 0.1) is 30.8 Å². The molecule has 3 heterocycles. The molecule has 0 bridgehead atoms. The van der Waals surface area contributed by atoms with E-state index in [-0.39, 0.29) is 18.1 Å². The molecule has 2 saturated heterocycles. The Bertz CT molecular complexity index is 487. The van der Waals surface area contributed by atoms with Crippen molar-refractivity contribution in [3.05, 3.63) is 18.2 Å². The number of rotatable bonds is 2. The van der Waals surface area contributed by atoms with Crippen LogP contribution in [-0.4, -0.2) is 63.6 Å². The second kappa shape index (κ2) is 5.54. The van der Waals surface area contributed by atoms with Gasteiger partial charge in [-0.25, -0.2) is 4.98 Å². The topological polar surface area (TPSA) is 50.6 Å². The van der Waals surface area contributed by atoms with Crippen molar-refractivity contribution in [2.45, 2.75) is 32.0 Å². The molecule has 0 N–H and O–H groups in total. The summed E-state index contributed by atoms with van der Waals surface area (Å²) < 4.78 is 7.88. The van der Waals surface area contributed by atoms with Gasteiger partial charge in [0, 0.05) is 46.3 Å². The number of amides is 1. The van der Waals surface area contributed by atoms with Crippen molar-refractivity contribution < 1.29 is 9.53 Å². The first-order chi connectivity index (χ1) is 9.65. The van der Waals surface area contributed by atoms with Gasteiger partial charge in [0.2, 0.25) is 5.91 Å². The third-order valence-corrected chi connectivity index (χ3v) is 4.38. The zero-order valence-electron chi connectivity index (χ0n) is 12.2. The molecule has 110 valence electrons. The molecule has 3 rings (SSSR count). The number of piperidine rings is 1. The number of fused-ring (bicyclic) bond motifs is 1. The minimum atomic E-state index is 0.158. The number of imidazole rings is 1. The van der Waals surface area contributed by atoms with Crippen LogP contribution in [0, 0.1) is 0 Å². The van der Waals surface area contributed by atoms with Crippen molar-refractivity contribution in [3.8, 4) is 0 Å². The zero-order valence-corrected chi connectivity index (χ0v) is 12.2. The maximum Gasteiger partial charge on any atom is 0.219 e. The Kier molecular flexibility index (Phi) is 3.76. The van der Waals surface area contributed by atoms with E-state index in [1.165, 1.54) is 5.69 Å². The second-order valence-electron chi connectivity index (χ2n) is 5.71. The first-order valence-corrected chi connectivity index (χ1v) is 7.21. The molecule has 2 aliphatic rings. The highest BCUT2D eigenvalue weighted by Crippen LogP contribution is 2.24. The van der Waals surface area contributed by atoms with Gasteiger partial charge in [0.25, 0.3) is 0 Å². The first kappa shape index (κ1) is 13.6. The van der Waals surface area contributed by atoms with Crippen LogP contribution in [0.1, 0.15) is 19.0 Å². The Morgan fingerprint density at radius 2 is 2.35 bits per heavy atom. The van der Waals surface area contributed by atoms with Crippen LogP contribution in [0.15, 0.2) is 12.5 Å². The van der Waals surface area contributed by atoms with Crippen LogP contribution in [0.25, 0.3) is 0 Å². The van der Waals surface area contributed by atoms with Crippen molar-refractivity contribution >= 4 is 5.91 Å². The molecule has 1 aromatic rings. The molecule has 0 spiro atoms. The summed E-state index contributed by atoms with van der Waals surface area (Å²) in [7, 11) is 2.01.